The topological polar surface area (TPSA) is 72.2 Å². The number of halogens is 3. The lowest BCUT2D eigenvalue weighted by atomic mass is 10.3. The molecule has 0 bridgehead atoms. The number of nitrogen functional groups attached to an aromatic ring is 1. The Morgan fingerprint density at radius 2 is 1.90 bits per heavy atom. The Balaban J connectivity index is 2.43. The van der Waals surface area contributed by atoms with Gasteiger partial charge in [0.05, 0.1) is 11.4 Å². The fourth-order valence-electron chi connectivity index (χ4n) is 1.51. The molecule has 20 heavy (non-hydrogen) atoms. The summed E-state index contributed by atoms with van der Waals surface area (Å²) in [5.74, 6) is -0.705. The van der Waals surface area contributed by atoms with Gasteiger partial charge < -0.3 is 5.73 Å². The summed E-state index contributed by atoms with van der Waals surface area (Å²) in [7, 11) is -4.02. The van der Waals surface area contributed by atoms with E-state index in [1.807, 2.05) is 0 Å². The highest BCUT2D eigenvalue weighted by atomic mass is 79.9. The first-order chi connectivity index (χ1) is 9.29. The van der Waals surface area contributed by atoms with Crippen molar-refractivity contribution in [1.82, 2.24) is 0 Å². The third kappa shape index (κ3) is 3.23. The molecule has 2 aromatic carbocycles. The molecule has 0 aliphatic carbocycles. The van der Waals surface area contributed by atoms with Crippen molar-refractivity contribution in [2.75, 3.05) is 10.5 Å². The van der Waals surface area contributed by atoms with Crippen LogP contribution in [0.3, 0.4) is 0 Å². The van der Waals surface area contributed by atoms with Gasteiger partial charge in [-0.2, -0.15) is 0 Å². The molecule has 4 nitrogen and oxygen atoms in total. The molecule has 0 amide bonds. The summed E-state index contributed by atoms with van der Waals surface area (Å²) in [5, 5.41) is 0.218. The summed E-state index contributed by atoms with van der Waals surface area (Å²) < 4.78 is 40.7. The number of rotatable bonds is 3. The minimum absolute atomic E-state index is 0.0272. The molecule has 0 radical (unpaired) electrons. The van der Waals surface area contributed by atoms with Crippen molar-refractivity contribution in [1.29, 1.82) is 0 Å². The number of benzene rings is 2. The van der Waals surface area contributed by atoms with Gasteiger partial charge in [-0.25, -0.2) is 12.8 Å². The number of hydrogen-bond donors (Lipinski definition) is 2. The lowest BCUT2D eigenvalue weighted by Gasteiger charge is -2.11. The Morgan fingerprint density at radius 1 is 1.20 bits per heavy atom. The first-order valence-electron chi connectivity index (χ1n) is 5.32. The summed E-state index contributed by atoms with van der Waals surface area (Å²) in [6, 6.07) is 8.01. The molecule has 106 valence electrons. The molecule has 0 spiro atoms. The van der Waals surface area contributed by atoms with Crippen LogP contribution in [-0.4, -0.2) is 8.42 Å². The molecule has 0 aliphatic heterocycles. The van der Waals surface area contributed by atoms with E-state index in [1.54, 1.807) is 0 Å². The average Bonchev–Trinajstić information content (AvgIpc) is 2.35. The van der Waals surface area contributed by atoms with Crippen molar-refractivity contribution in [2.45, 2.75) is 4.90 Å². The van der Waals surface area contributed by atoms with Crippen LogP contribution in [0.4, 0.5) is 15.8 Å². The molecule has 0 unspecified atom stereocenters. The van der Waals surface area contributed by atoms with Crippen molar-refractivity contribution in [2.24, 2.45) is 0 Å². The molecule has 2 aromatic rings. The van der Waals surface area contributed by atoms with Crippen molar-refractivity contribution < 1.29 is 12.8 Å². The van der Waals surface area contributed by atoms with Gasteiger partial charge in [0.2, 0.25) is 0 Å². The average molecular weight is 380 g/mol. The molecule has 0 atom stereocenters. The maximum atomic E-state index is 13.7. The van der Waals surface area contributed by atoms with Crippen LogP contribution in [0.5, 0.6) is 0 Å². The highest BCUT2D eigenvalue weighted by Crippen LogP contribution is 2.26. The van der Waals surface area contributed by atoms with Crippen molar-refractivity contribution in [3.63, 3.8) is 0 Å². The normalized spacial score (nSPS) is 11.3. The molecular weight excluding hydrogens is 371 g/mol. The molecule has 0 heterocycles. The van der Waals surface area contributed by atoms with Gasteiger partial charge in [0, 0.05) is 9.50 Å². The maximum absolute atomic E-state index is 13.7. The van der Waals surface area contributed by atoms with Crippen LogP contribution < -0.4 is 10.5 Å². The zero-order valence-corrected chi connectivity index (χ0v) is 13.1. The van der Waals surface area contributed by atoms with Crippen LogP contribution in [-0.2, 0) is 10.0 Å². The molecule has 0 saturated carbocycles. The quantitative estimate of drug-likeness (QED) is 0.800. The number of hydrogen-bond acceptors (Lipinski definition) is 3. The third-order valence-electron chi connectivity index (χ3n) is 2.44. The minimum Gasteiger partial charge on any atom is -0.398 e. The van der Waals surface area contributed by atoms with Gasteiger partial charge in [-0.05, 0) is 36.4 Å². The first-order valence-corrected chi connectivity index (χ1v) is 7.98. The summed E-state index contributed by atoms with van der Waals surface area (Å²) in [4.78, 5) is -0.202. The molecule has 0 fully saturated rings. The molecule has 2 rings (SSSR count). The molecule has 0 aliphatic rings. The summed E-state index contributed by atoms with van der Waals surface area (Å²) in [6.45, 7) is 0. The number of sulfonamides is 1. The van der Waals surface area contributed by atoms with Gasteiger partial charge in [0.25, 0.3) is 10.0 Å². The van der Waals surface area contributed by atoms with Gasteiger partial charge in [-0.3, -0.25) is 4.72 Å². The van der Waals surface area contributed by atoms with E-state index < -0.39 is 15.8 Å². The van der Waals surface area contributed by atoms with E-state index in [1.165, 1.54) is 30.3 Å². The van der Waals surface area contributed by atoms with Crippen molar-refractivity contribution in [3.8, 4) is 0 Å². The van der Waals surface area contributed by atoms with Gasteiger partial charge in [-0.1, -0.05) is 27.5 Å². The van der Waals surface area contributed by atoms with Crippen LogP contribution in [0.1, 0.15) is 0 Å². The second kappa shape index (κ2) is 5.59. The summed E-state index contributed by atoms with van der Waals surface area (Å²) in [5.41, 5.74) is 5.47. The Kier molecular flexibility index (Phi) is 4.22. The summed E-state index contributed by atoms with van der Waals surface area (Å²) >= 11 is 8.84. The van der Waals surface area contributed by atoms with E-state index in [0.29, 0.717) is 4.47 Å². The first kappa shape index (κ1) is 15.1. The van der Waals surface area contributed by atoms with E-state index in [9.17, 15) is 12.8 Å². The van der Waals surface area contributed by atoms with E-state index >= 15 is 0 Å². The Hall–Kier alpha value is -1.31. The molecule has 8 heteroatoms. The van der Waals surface area contributed by atoms with Gasteiger partial charge in [0.1, 0.15) is 10.7 Å². The van der Waals surface area contributed by atoms with Crippen LogP contribution in [0.25, 0.3) is 0 Å². The predicted octanol–water partition coefficient (Wildman–Crippen LogP) is 3.62. The Morgan fingerprint density at radius 3 is 2.55 bits per heavy atom. The van der Waals surface area contributed by atoms with Gasteiger partial charge in [0.15, 0.2) is 0 Å². The fraction of sp³-hybridized carbons (Fsp3) is 0. The third-order valence-corrected chi connectivity index (χ3v) is 4.59. The van der Waals surface area contributed by atoms with Gasteiger partial charge in [-0.15, -0.1) is 0 Å². The largest absolute Gasteiger partial charge is 0.398 e. The van der Waals surface area contributed by atoms with E-state index in [0.717, 1.165) is 6.07 Å². The Bertz CT molecular complexity index is 768. The molecular formula is C12H9BrClFN2O2S. The monoisotopic (exact) mass is 378 g/mol. The number of nitrogens with two attached hydrogens (primary N) is 1. The second-order valence-electron chi connectivity index (χ2n) is 3.91. The lowest BCUT2D eigenvalue weighted by molar-refractivity contribution is 0.599. The SMILES string of the molecule is Nc1ccc(Cl)cc1S(=O)(=O)Nc1ccc(Br)cc1F. The number of nitrogens with one attached hydrogen (secondary N) is 1. The van der Waals surface area contributed by atoms with E-state index in [2.05, 4.69) is 20.7 Å². The highest BCUT2D eigenvalue weighted by Gasteiger charge is 2.19. The Labute approximate surface area is 128 Å². The predicted molar refractivity (Wildman–Crippen MR) is 80.8 cm³/mol. The zero-order valence-electron chi connectivity index (χ0n) is 9.90. The standard InChI is InChI=1S/C12H9BrClFN2O2S/c13-7-1-4-11(9(15)5-7)17-20(18,19)12-6-8(14)2-3-10(12)16/h1-6,17H,16H2. The molecule has 0 aromatic heterocycles. The minimum atomic E-state index is -4.02. The van der Waals surface area contributed by atoms with E-state index in [4.69, 9.17) is 17.3 Å². The lowest BCUT2D eigenvalue weighted by Crippen LogP contribution is -2.15. The second-order valence-corrected chi connectivity index (χ2v) is 6.91. The smallest absolute Gasteiger partial charge is 0.264 e. The van der Waals surface area contributed by atoms with Gasteiger partial charge >= 0.3 is 0 Å². The van der Waals surface area contributed by atoms with Crippen LogP contribution in [0.2, 0.25) is 5.02 Å². The molecule has 0 saturated heterocycles. The highest BCUT2D eigenvalue weighted by molar-refractivity contribution is 9.10. The van der Waals surface area contributed by atoms with Crippen LogP contribution in [0.15, 0.2) is 45.8 Å². The van der Waals surface area contributed by atoms with Crippen molar-refractivity contribution >= 4 is 48.9 Å². The maximum Gasteiger partial charge on any atom is 0.264 e. The van der Waals surface area contributed by atoms with Crippen LogP contribution in [0, 0.1) is 5.82 Å². The zero-order chi connectivity index (χ0) is 14.9. The number of anilines is 2. The summed E-state index contributed by atoms with van der Waals surface area (Å²) in [6.07, 6.45) is 0. The van der Waals surface area contributed by atoms with E-state index in [-0.39, 0.29) is 21.3 Å². The van der Waals surface area contributed by atoms with Crippen molar-refractivity contribution in [3.05, 3.63) is 51.7 Å². The molecule has 3 N–H and O–H groups in total. The fourth-order valence-corrected chi connectivity index (χ4v) is 3.31. The van der Waals surface area contributed by atoms with Crippen LogP contribution >= 0.6 is 27.5 Å².